The van der Waals surface area contributed by atoms with Crippen LogP contribution < -0.4 is 20.1 Å². The zero-order valence-corrected chi connectivity index (χ0v) is 16.8. The Bertz CT molecular complexity index is 896. The Labute approximate surface area is 169 Å². The summed E-state index contributed by atoms with van der Waals surface area (Å²) in [5.74, 6) is -0.658. The number of carbonyl (C=O) groups excluding carboxylic acids is 3. The number of benzene rings is 2. The normalized spacial score (nSPS) is 11.2. The Morgan fingerprint density at radius 2 is 1.72 bits per heavy atom. The van der Waals surface area contributed by atoms with Crippen molar-refractivity contribution in [1.82, 2.24) is 5.32 Å². The summed E-state index contributed by atoms with van der Waals surface area (Å²) < 4.78 is 15.3. The molecule has 2 N–H and O–H groups in total. The van der Waals surface area contributed by atoms with Gasteiger partial charge in [0.15, 0.2) is 18.1 Å². The molecule has 0 spiro atoms. The van der Waals surface area contributed by atoms with E-state index in [1.54, 1.807) is 36.4 Å². The van der Waals surface area contributed by atoms with Crippen LogP contribution in [-0.4, -0.2) is 44.7 Å². The molecule has 8 nitrogen and oxygen atoms in total. The van der Waals surface area contributed by atoms with E-state index in [0.29, 0.717) is 22.7 Å². The van der Waals surface area contributed by atoms with E-state index in [4.69, 9.17) is 14.2 Å². The number of esters is 1. The topological polar surface area (TPSA) is 103 Å². The minimum absolute atomic E-state index is 0.395. The number of carbonyl (C=O) groups is 3. The minimum Gasteiger partial charge on any atom is -0.493 e. The van der Waals surface area contributed by atoms with Gasteiger partial charge in [-0.05, 0) is 38.1 Å². The van der Waals surface area contributed by atoms with Crippen LogP contribution >= 0.6 is 0 Å². The lowest BCUT2D eigenvalue weighted by Crippen LogP contribution is -2.40. The molecule has 0 fully saturated rings. The van der Waals surface area contributed by atoms with Crippen LogP contribution in [-0.2, 0) is 14.3 Å². The summed E-state index contributed by atoms with van der Waals surface area (Å²) in [7, 11) is 2.99. The van der Waals surface area contributed by atoms with Gasteiger partial charge >= 0.3 is 5.97 Å². The number of aryl methyl sites for hydroxylation is 1. The van der Waals surface area contributed by atoms with Crippen LogP contribution in [0.2, 0.25) is 0 Å². The van der Waals surface area contributed by atoms with E-state index in [1.807, 2.05) is 13.0 Å². The van der Waals surface area contributed by atoms with E-state index in [-0.39, 0.29) is 0 Å². The van der Waals surface area contributed by atoms with Gasteiger partial charge in [-0.2, -0.15) is 0 Å². The number of hydrogen-bond donors (Lipinski definition) is 2. The van der Waals surface area contributed by atoms with E-state index >= 15 is 0 Å². The number of ether oxygens (including phenoxy) is 3. The van der Waals surface area contributed by atoms with Gasteiger partial charge in [0.1, 0.15) is 6.04 Å². The van der Waals surface area contributed by atoms with Crippen LogP contribution in [0, 0.1) is 6.92 Å². The Morgan fingerprint density at radius 1 is 1.00 bits per heavy atom. The number of methoxy groups -OCH3 is 2. The van der Waals surface area contributed by atoms with Crippen molar-refractivity contribution < 1.29 is 28.6 Å². The van der Waals surface area contributed by atoms with Crippen molar-refractivity contribution in [2.75, 3.05) is 26.1 Å². The summed E-state index contributed by atoms with van der Waals surface area (Å²) >= 11 is 0. The zero-order valence-electron chi connectivity index (χ0n) is 16.8. The molecule has 0 aliphatic carbocycles. The molecule has 0 aliphatic heterocycles. The first-order valence-corrected chi connectivity index (χ1v) is 8.90. The molecule has 0 unspecified atom stereocenters. The fraction of sp³-hybridized carbons (Fsp3) is 0.286. The Kier molecular flexibility index (Phi) is 7.59. The Morgan fingerprint density at radius 3 is 2.38 bits per heavy atom. The molecule has 154 valence electrons. The van der Waals surface area contributed by atoms with Gasteiger partial charge in [0.2, 0.25) is 0 Å². The number of anilines is 1. The number of hydrogen-bond acceptors (Lipinski definition) is 6. The Balaban J connectivity index is 1.84. The first-order valence-electron chi connectivity index (χ1n) is 8.90. The maximum atomic E-state index is 12.2. The summed E-state index contributed by atoms with van der Waals surface area (Å²) in [6.07, 6.45) is 0. The van der Waals surface area contributed by atoms with Gasteiger partial charge in [0.25, 0.3) is 11.8 Å². The van der Waals surface area contributed by atoms with Crippen LogP contribution in [0.4, 0.5) is 5.69 Å². The fourth-order valence-corrected chi connectivity index (χ4v) is 2.50. The molecule has 0 saturated carbocycles. The van der Waals surface area contributed by atoms with Crippen molar-refractivity contribution in [3.05, 3.63) is 53.6 Å². The zero-order chi connectivity index (χ0) is 21.4. The summed E-state index contributed by atoms with van der Waals surface area (Å²) in [6.45, 7) is 2.87. The molecule has 0 radical (unpaired) electrons. The highest BCUT2D eigenvalue weighted by molar-refractivity contribution is 5.97. The van der Waals surface area contributed by atoms with Crippen molar-refractivity contribution >= 4 is 23.5 Å². The second-order valence-corrected chi connectivity index (χ2v) is 6.29. The molecule has 0 aliphatic rings. The van der Waals surface area contributed by atoms with E-state index in [1.165, 1.54) is 21.1 Å². The van der Waals surface area contributed by atoms with Gasteiger partial charge in [-0.15, -0.1) is 0 Å². The van der Waals surface area contributed by atoms with Crippen molar-refractivity contribution in [2.24, 2.45) is 0 Å². The van der Waals surface area contributed by atoms with Crippen LogP contribution in [0.3, 0.4) is 0 Å². The average Bonchev–Trinajstić information content (AvgIpc) is 2.71. The van der Waals surface area contributed by atoms with Crippen molar-refractivity contribution in [1.29, 1.82) is 0 Å². The Hall–Kier alpha value is -3.55. The van der Waals surface area contributed by atoms with Crippen molar-refractivity contribution in [3.63, 3.8) is 0 Å². The predicted octanol–water partition coefficient (Wildman–Crippen LogP) is 2.31. The summed E-state index contributed by atoms with van der Waals surface area (Å²) in [4.78, 5) is 36.3. The van der Waals surface area contributed by atoms with Gasteiger partial charge in [-0.3, -0.25) is 9.59 Å². The fourth-order valence-electron chi connectivity index (χ4n) is 2.50. The standard InChI is InChI=1S/C21H24N2O6/c1-13-6-5-7-15(10-13)20(25)22-14(2)21(26)29-12-19(24)23-16-8-9-17(27-3)18(11-16)28-4/h5-11,14H,12H2,1-4H3,(H,22,25)(H,23,24)/t14-/m0/s1. The molecule has 8 heteroatoms. The van der Waals surface area contributed by atoms with Crippen LogP contribution in [0.15, 0.2) is 42.5 Å². The van der Waals surface area contributed by atoms with Crippen molar-refractivity contribution in [3.8, 4) is 11.5 Å². The number of amides is 2. The maximum Gasteiger partial charge on any atom is 0.328 e. The highest BCUT2D eigenvalue weighted by Crippen LogP contribution is 2.29. The molecule has 2 amide bonds. The smallest absolute Gasteiger partial charge is 0.328 e. The molecule has 2 rings (SSSR count). The third kappa shape index (κ3) is 6.24. The first kappa shape index (κ1) is 21.7. The van der Waals surface area contributed by atoms with Gasteiger partial charge in [-0.25, -0.2) is 4.79 Å². The molecular formula is C21H24N2O6. The lowest BCUT2D eigenvalue weighted by molar-refractivity contribution is -0.148. The van der Waals surface area contributed by atoms with Crippen LogP contribution in [0.5, 0.6) is 11.5 Å². The minimum atomic E-state index is -0.906. The van der Waals surface area contributed by atoms with Crippen LogP contribution in [0.25, 0.3) is 0 Å². The van der Waals surface area contributed by atoms with Crippen LogP contribution in [0.1, 0.15) is 22.8 Å². The quantitative estimate of drug-likeness (QED) is 0.659. The monoisotopic (exact) mass is 400 g/mol. The van der Waals surface area contributed by atoms with E-state index < -0.39 is 30.4 Å². The van der Waals surface area contributed by atoms with E-state index in [2.05, 4.69) is 10.6 Å². The molecule has 0 saturated heterocycles. The van der Waals surface area contributed by atoms with E-state index in [9.17, 15) is 14.4 Å². The summed E-state index contributed by atoms with van der Waals surface area (Å²) in [5, 5.41) is 5.14. The van der Waals surface area contributed by atoms with Gasteiger partial charge < -0.3 is 24.8 Å². The molecular weight excluding hydrogens is 376 g/mol. The highest BCUT2D eigenvalue weighted by Gasteiger charge is 2.19. The van der Waals surface area contributed by atoms with Gasteiger partial charge in [0.05, 0.1) is 14.2 Å². The van der Waals surface area contributed by atoms with Crippen molar-refractivity contribution in [2.45, 2.75) is 19.9 Å². The molecule has 1 atom stereocenters. The molecule has 29 heavy (non-hydrogen) atoms. The number of rotatable bonds is 8. The summed E-state index contributed by atoms with van der Waals surface area (Å²) in [6, 6.07) is 10.9. The summed E-state index contributed by atoms with van der Waals surface area (Å²) in [5.41, 5.74) is 1.83. The molecule has 0 aromatic heterocycles. The third-order valence-corrected chi connectivity index (χ3v) is 3.99. The van der Waals surface area contributed by atoms with Gasteiger partial charge in [-0.1, -0.05) is 17.7 Å². The second-order valence-electron chi connectivity index (χ2n) is 6.29. The largest absolute Gasteiger partial charge is 0.493 e. The predicted molar refractivity (Wildman–Crippen MR) is 107 cm³/mol. The lowest BCUT2D eigenvalue weighted by Gasteiger charge is -2.14. The highest BCUT2D eigenvalue weighted by atomic mass is 16.5. The second kappa shape index (κ2) is 10.1. The third-order valence-electron chi connectivity index (χ3n) is 3.99. The van der Waals surface area contributed by atoms with Gasteiger partial charge in [0, 0.05) is 17.3 Å². The SMILES string of the molecule is COc1ccc(NC(=O)COC(=O)[C@H](C)NC(=O)c2cccc(C)c2)cc1OC. The first-order chi connectivity index (χ1) is 13.8. The molecule has 2 aromatic rings. The maximum absolute atomic E-state index is 12.2. The average molecular weight is 400 g/mol. The molecule has 0 heterocycles. The lowest BCUT2D eigenvalue weighted by atomic mass is 10.1. The molecule has 2 aromatic carbocycles. The molecule has 0 bridgehead atoms. The van der Waals surface area contributed by atoms with E-state index in [0.717, 1.165) is 5.56 Å². The number of nitrogens with one attached hydrogen (secondary N) is 2.